The van der Waals surface area contributed by atoms with Gasteiger partial charge in [-0.2, -0.15) is 0 Å². The van der Waals surface area contributed by atoms with Gasteiger partial charge in [0.2, 0.25) is 11.5 Å². The van der Waals surface area contributed by atoms with Gasteiger partial charge in [0.25, 0.3) is 11.2 Å². The van der Waals surface area contributed by atoms with E-state index >= 15 is 0 Å². The fraction of sp³-hybridized carbons (Fsp3) is 0.200. The Labute approximate surface area is 137 Å². The number of hydrogen-bond acceptors (Lipinski definition) is 5. The van der Waals surface area contributed by atoms with Crippen LogP contribution in [0.4, 0.5) is 5.82 Å². The summed E-state index contributed by atoms with van der Waals surface area (Å²) in [6, 6.07) is 6.96. The topological polar surface area (TPSA) is 99.5 Å². The van der Waals surface area contributed by atoms with Gasteiger partial charge in [0.1, 0.15) is 10.4 Å². The van der Waals surface area contributed by atoms with E-state index in [9.17, 15) is 4.79 Å². The second-order valence-electron chi connectivity index (χ2n) is 5.04. The third-order valence-corrected chi connectivity index (χ3v) is 3.86. The van der Waals surface area contributed by atoms with Crippen LogP contribution in [0, 0.1) is 0 Å². The molecule has 0 spiro atoms. The first kappa shape index (κ1) is 15.3. The fourth-order valence-electron chi connectivity index (χ4n) is 2.51. The molecule has 0 aliphatic heterocycles. The van der Waals surface area contributed by atoms with Gasteiger partial charge in [-0.25, -0.2) is 4.57 Å². The number of aromatic nitrogens is 3. The molecule has 0 aliphatic rings. The molecule has 23 heavy (non-hydrogen) atoms. The summed E-state index contributed by atoms with van der Waals surface area (Å²) in [7, 11) is 1.59. The molecule has 0 bridgehead atoms. The maximum atomic E-state index is 12.8. The maximum absolute atomic E-state index is 12.8. The van der Waals surface area contributed by atoms with Crippen molar-refractivity contribution in [1.82, 2.24) is 9.38 Å². The molecular weight excluding hydrogens is 314 g/mol. The van der Waals surface area contributed by atoms with Crippen LogP contribution in [0.1, 0.15) is 5.56 Å². The highest BCUT2D eigenvalue weighted by Crippen LogP contribution is 2.14. The van der Waals surface area contributed by atoms with E-state index in [1.54, 1.807) is 36.1 Å². The third kappa shape index (κ3) is 2.51. The van der Waals surface area contributed by atoms with Crippen molar-refractivity contribution in [2.24, 2.45) is 5.73 Å². The number of ether oxygens (including phenoxy) is 1. The van der Waals surface area contributed by atoms with Crippen LogP contribution in [0.5, 0.6) is 0 Å². The van der Waals surface area contributed by atoms with E-state index in [0.717, 1.165) is 0 Å². The quantitative estimate of drug-likeness (QED) is 0.397. The van der Waals surface area contributed by atoms with Crippen LogP contribution in [0.3, 0.4) is 0 Å². The lowest BCUT2D eigenvalue weighted by Gasteiger charge is -2.11. The minimum atomic E-state index is -0.200. The van der Waals surface area contributed by atoms with Crippen molar-refractivity contribution in [2.45, 2.75) is 6.54 Å². The van der Waals surface area contributed by atoms with Gasteiger partial charge in [0.15, 0.2) is 0 Å². The Morgan fingerprint density at radius 3 is 2.96 bits per heavy atom. The molecular formula is C15H16N5O2S+. The molecule has 0 aliphatic carbocycles. The van der Waals surface area contributed by atoms with Gasteiger partial charge < -0.3 is 16.2 Å². The van der Waals surface area contributed by atoms with Crippen molar-refractivity contribution in [3.05, 3.63) is 46.4 Å². The summed E-state index contributed by atoms with van der Waals surface area (Å²) in [6.45, 7) is 0.853. The second-order valence-corrected chi connectivity index (χ2v) is 5.47. The molecule has 4 N–H and O–H groups in total. The summed E-state index contributed by atoms with van der Waals surface area (Å²) in [5.74, 6) is 0.370. The molecule has 3 aromatic rings. The van der Waals surface area contributed by atoms with Crippen LogP contribution in [0.15, 0.2) is 35.3 Å². The van der Waals surface area contributed by atoms with Crippen molar-refractivity contribution >= 4 is 39.7 Å². The first-order chi connectivity index (χ1) is 11.0. The zero-order chi connectivity index (χ0) is 16.6. The predicted octanol–water partition coefficient (Wildman–Crippen LogP) is -0.00200. The lowest BCUT2D eigenvalue weighted by molar-refractivity contribution is -0.660. The summed E-state index contributed by atoms with van der Waals surface area (Å²) >= 11 is 5.05. The van der Waals surface area contributed by atoms with Crippen LogP contribution >= 0.6 is 12.2 Å². The number of fused-ring (bicyclic) bond motifs is 2. The number of rotatable bonds is 4. The van der Waals surface area contributed by atoms with Gasteiger partial charge in [-0.05, 0) is 18.2 Å². The second kappa shape index (κ2) is 5.90. The first-order valence-electron chi connectivity index (χ1n) is 6.96. The third-order valence-electron chi connectivity index (χ3n) is 3.64. The van der Waals surface area contributed by atoms with Crippen molar-refractivity contribution in [3.8, 4) is 0 Å². The van der Waals surface area contributed by atoms with E-state index in [4.69, 9.17) is 28.4 Å². The molecule has 0 saturated heterocycles. The highest BCUT2D eigenvalue weighted by Gasteiger charge is 2.21. The summed E-state index contributed by atoms with van der Waals surface area (Å²) in [5, 5.41) is 0.404. The van der Waals surface area contributed by atoms with Crippen LogP contribution in [-0.2, 0) is 11.3 Å². The first-order valence-corrected chi connectivity index (χ1v) is 7.37. The standard InChI is InChI=1S/C15H15N5O2S/c1-22-7-6-20-12(16)9(13(17)23)8-10-14(20)18-11-4-2-3-5-19(11)15(10)21/h2-5,8,16H,6-7H2,1H3,(H2,17,23)/p+1. The van der Waals surface area contributed by atoms with Crippen LogP contribution in [0.2, 0.25) is 0 Å². The Kier molecular flexibility index (Phi) is 3.93. The van der Waals surface area contributed by atoms with Crippen molar-refractivity contribution < 1.29 is 9.30 Å². The largest absolute Gasteiger partial charge is 0.389 e. The zero-order valence-corrected chi connectivity index (χ0v) is 13.3. The maximum Gasteiger partial charge on any atom is 0.278 e. The molecule has 0 saturated carbocycles. The lowest BCUT2D eigenvalue weighted by Crippen LogP contribution is -2.43. The molecule has 0 amide bonds. The average Bonchev–Trinajstić information content (AvgIpc) is 2.54. The lowest BCUT2D eigenvalue weighted by atomic mass is 10.2. The van der Waals surface area contributed by atoms with E-state index in [2.05, 4.69) is 4.98 Å². The Balaban J connectivity index is 2.47. The Bertz CT molecular complexity index is 983. The number of nitrogens with two attached hydrogens (primary N) is 2. The predicted molar refractivity (Wildman–Crippen MR) is 91.3 cm³/mol. The number of thiocarbonyl (C=S) groups is 1. The van der Waals surface area contributed by atoms with E-state index in [0.29, 0.717) is 41.2 Å². The summed E-state index contributed by atoms with van der Waals surface area (Å²) in [6.07, 6.45) is 1.67. The van der Waals surface area contributed by atoms with Crippen LogP contribution in [0.25, 0.3) is 16.7 Å². The number of pyridine rings is 2. The number of nitrogens with zero attached hydrogens (tertiary/aromatic N) is 3. The zero-order valence-electron chi connectivity index (χ0n) is 12.5. The smallest absolute Gasteiger partial charge is 0.278 e. The highest BCUT2D eigenvalue weighted by molar-refractivity contribution is 7.80. The molecule has 8 heteroatoms. The van der Waals surface area contributed by atoms with Gasteiger partial charge in [-0.3, -0.25) is 9.20 Å². The van der Waals surface area contributed by atoms with Gasteiger partial charge in [0, 0.05) is 13.3 Å². The molecule has 7 nitrogen and oxygen atoms in total. The normalized spacial score (nSPS) is 11.2. The minimum absolute atomic E-state index is 0.133. The molecule has 0 unspecified atom stereocenters. The number of methoxy groups -OCH3 is 1. The Morgan fingerprint density at radius 2 is 2.26 bits per heavy atom. The molecule has 0 radical (unpaired) electrons. The number of hydrogen-bond donors (Lipinski definition) is 2. The van der Waals surface area contributed by atoms with Gasteiger partial charge >= 0.3 is 0 Å². The Morgan fingerprint density at radius 1 is 1.48 bits per heavy atom. The number of anilines is 1. The van der Waals surface area contributed by atoms with E-state index in [1.165, 1.54) is 4.40 Å². The van der Waals surface area contributed by atoms with Crippen molar-refractivity contribution in [2.75, 3.05) is 19.5 Å². The van der Waals surface area contributed by atoms with Crippen molar-refractivity contribution in [1.29, 1.82) is 0 Å². The van der Waals surface area contributed by atoms with Crippen molar-refractivity contribution in [3.63, 3.8) is 0 Å². The molecule has 3 rings (SSSR count). The van der Waals surface area contributed by atoms with Gasteiger partial charge in [-0.1, -0.05) is 23.3 Å². The monoisotopic (exact) mass is 330 g/mol. The Hall–Kier alpha value is -2.58. The summed E-state index contributed by atoms with van der Waals surface area (Å²) in [4.78, 5) is 17.4. The van der Waals surface area contributed by atoms with E-state index in [-0.39, 0.29) is 10.5 Å². The molecule has 0 atom stereocenters. The van der Waals surface area contributed by atoms with E-state index in [1.807, 2.05) is 6.07 Å². The highest BCUT2D eigenvalue weighted by atomic mass is 32.1. The van der Waals surface area contributed by atoms with Gasteiger partial charge in [-0.15, -0.1) is 0 Å². The summed E-state index contributed by atoms with van der Waals surface area (Å²) < 4.78 is 8.30. The van der Waals surface area contributed by atoms with Crippen LogP contribution < -0.4 is 21.6 Å². The average molecular weight is 330 g/mol. The molecule has 118 valence electrons. The van der Waals surface area contributed by atoms with E-state index < -0.39 is 0 Å². The molecule has 0 aromatic carbocycles. The van der Waals surface area contributed by atoms with Gasteiger partial charge in [0.05, 0.1) is 18.7 Å². The molecule has 3 heterocycles. The van der Waals surface area contributed by atoms with Crippen LogP contribution in [-0.4, -0.2) is 28.1 Å². The SMILES string of the molecule is COCC[n+]1c(N)c(C(N)=S)cc2c(=O)n3ccccc3nc21. The molecule has 0 fully saturated rings. The number of nitrogen functional groups attached to an aromatic ring is 1. The molecule has 3 aromatic heterocycles. The minimum Gasteiger partial charge on any atom is -0.389 e. The summed E-state index contributed by atoms with van der Waals surface area (Å²) in [5.41, 5.74) is 13.2. The fourth-order valence-corrected chi connectivity index (χ4v) is 2.67.